The Hall–Kier alpha value is -0.810. The minimum absolute atomic E-state index is 0.00583. The van der Waals surface area contributed by atoms with Gasteiger partial charge in [-0.25, -0.2) is 4.79 Å². The van der Waals surface area contributed by atoms with E-state index in [-0.39, 0.29) is 25.0 Å². The number of aliphatic hydroxyl groups is 2. The molecule has 1 aliphatic heterocycles. The standard InChI is InChI=1S/C12H24N2O3/c1-9(7-15)12(10(2)8-16)5-3-4-6-14(12)11(13)17/h9-10,15-16H,3-8H2,1-2H3,(H2,13,17). The van der Waals surface area contributed by atoms with Crippen molar-refractivity contribution in [1.82, 2.24) is 4.90 Å². The number of hydrogen-bond donors (Lipinski definition) is 3. The molecule has 0 spiro atoms. The molecule has 0 radical (unpaired) electrons. The van der Waals surface area contributed by atoms with Crippen LogP contribution in [0.2, 0.25) is 0 Å². The number of nitrogens with two attached hydrogens (primary N) is 1. The number of urea groups is 1. The second-order valence-corrected chi connectivity index (χ2v) is 5.11. The van der Waals surface area contributed by atoms with Gasteiger partial charge in [0.25, 0.3) is 0 Å². The summed E-state index contributed by atoms with van der Waals surface area (Å²) in [5, 5.41) is 18.9. The van der Waals surface area contributed by atoms with Crippen LogP contribution in [-0.2, 0) is 0 Å². The van der Waals surface area contributed by atoms with E-state index in [4.69, 9.17) is 5.73 Å². The summed E-state index contributed by atoms with van der Waals surface area (Å²) in [5.41, 5.74) is 4.95. The van der Waals surface area contributed by atoms with Crippen molar-refractivity contribution in [3.05, 3.63) is 0 Å². The molecular weight excluding hydrogens is 220 g/mol. The Kier molecular flexibility index (Phi) is 4.77. The number of amides is 2. The van der Waals surface area contributed by atoms with E-state index in [9.17, 15) is 15.0 Å². The minimum atomic E-state index is -0.506. The minimum Gasteiger partial charge on any atom is -0.396 e. The molecule has 2 unspecified atom stereocenters. The van der Waals surface area contributed by atoms with Gasteiger partial charge in [0.2, 0.25) is 0 Å². The van der Waals surface area contributed by atoms with E-state index in [0.717, 1.165) is 19.3 Å². The van der Waals surface area contributed by atoms with Gasteiger partial charge in [-0.1, -0.05) is 13.8 Å². The number of rotatable bonds is 4. The summed E-state index contributed by atoms with van der Waals surface area (Å²) in [7, 11) is 0. The van der Waals surface area contributed by atoms with Crippen LogP contribution in [0.4, 0.5) is 4.79 Å². The van der Waals surface area contributed by atoms with E-state index in [0.29, 0.717) is 6.54 Å². The average Bonchev–Trinajstić information content (AvgIpc) is 2.36. The number of likely N-dealkylation sites (tertiary alicyclic amines) is 1. The lowest BCUT2D eigenvalue weighted by Crippen LogP contribution is -2.64. The highest BCUT2D eigenvalue weighted by Crippen LogP contribution is 2.40. The van der Waals surface area contributed by atoms with Crippen molar-refractivity contribution in [2.24, 2.45) is 17.6 Å². The molecule has 2 amide bonds. The topological polar surface area (TPSA) is 86.8 Å². The van der Waals surface area contributed by atoms with Crippen LogP contribution in [-0.4, -0.2) is 46.4 Å². The molecule has 1 rings (SSSR count). The lowest BCUT2D eigenvalue weighted by atomic mass is 9.69. The fourth-order valence-corrected chi connectivity index (χ4v) is 3.16. The van der Waals surface area contributed by atoms with Crippen LogP contribution in [0.15, 0.2) is 0 Å². The van der Waals surface area contributed by atoms with Crippen molar-refractivity contribution in [3.8, 4) is 0 Å². The van der Waals surface area contributed by atoms with Gasteiger partial charge in [-0.3, -0.25) is 0 Å². The first-order valence-corrected chi connectivity index (χ1v) is 6.29. The van der Waals surface area contributed by atoms with Gasteiger partial charge in [0.05, 0.1) is 5.54 Å². The smallest absolute Gasteiger partial charge is 0.315 e. The summed E-state index contributed by atoms with van der Waals surface area (Å²) in [6, 6.07) is -0.453. The molecule has 0 aromatic carbocycles. The molecule has 4 N–H and O–H groups in total. The zero-order valence-electron chi connectivity index (χ0n) is 10.7. The molecule has 1 heterocycles. The molecule has 1 fully saturated rings. The maximum absolute atomic E-state index is 11.6. The maximum Gasteiger partial charge on any atom is 0.315 e. The van der Waals surface area contributed by atoms with Crippen molar-refractivity contribution in [2.45, 2.75) is 38.6 Å². The van der Waals surface area contributed by atoms with E-state index in [2.05, 4.69) is 0 Å². The Morgan fingerprint density at radius 1 is 1.29 bits per heavy atom. The third kappa shape index (κ3) is 2.40. The Labute approximate surface area is 103 Å². The maximum atomic E-state index is 11.6. The van der Waals surface area contributed by atoms with Crippen molar-refractivity contribution >= 4 is 6.03 Å². The van der Waals surface area contributed by atoms with Crippen LogP contribution in [0.25, 0.3) is 0 Å². The second kappa shape index (κ2) is 5.69. The molecule has 5 nitrogen and oxygen atoms in total. The van der Waals surface area contributed by atoms with Crippen molar-refractivity contribution in [2.75, 3.05) is 19.8 Å². The molecule has 0 aliphatic carbocycles. The van der Waals surface area contributed by atoms with E-state index in [1.807, 2.05) is 13.8 Å². The van der Waals surface area contributed by atoms with Gasteiger partial charge in [0.1, 0.15) is 0 Å². The van der Waals surface area contributed by atoms with E-state index < -0.39 is 11.6 Å². The second-order valence-electron chi connectivity index (χ2n) is 5.11. The molecule has 1 aliphatic rings. The molecule has 100 valence electrons. The highest BCUT2D eigenvalue weighted by molar-refractivity contribution is 5.73. The molecule has 0 aromatic rings. The lowest BCUT2D eigenvalue weighted by Gasteiger charge is -2.53. The molecule has 5 heteroatoms. The first-order valence-electron chi connectivity index (χ1n) is 6.29. The Bertz CT molecular complexity index is 260. The summed E-state index contributed by atoms with van der Waals surface area (Å²) in [5.74, 6) is -0.171. The number of piperidine rings is 1. The van der Waals surface area contributed by atoms with Crippen molar-refractivity contribution in [3.63, 3.8) is 0 Å². The first-order chi connectivity index (χ1) is 8.00. The van der Waals surface area contributed by atoms with Gasteiger partial charge in [0, 0.05) is 31.6 Å². The highest BCUT2D eigenvalue weighted by Gasteiger charge is 2.48. The third-order valence-electron chi connectivity index (χ3n) is 4.23. The summed E-state index contributed by atoms with van der Waals surface area (Å²) in [4.78, 5) is 13.2. The molecule has 0 aromatic heterocycles. The summed E-state index contributed by atoms with van der Waals surface area (Å²) in [6.45, 7) is 4.42. The highest BCUT2D eigenvalue weighted by atomic mass is 16.3. The molecule has 2 atom stereocenters. The van der Waals surface area contributed by atoms with Gasteiger partial charge < -0.3 is 20.8 Å². The number of carbonyl (C=O) groups is 1. The fraction of sp³-hybridized carbons (Fsp3) is 0.917. The zero-order chi connectivity index (χ0) is 13.1. The van der Waals surface area contributed by atoms with Crippen molar-refractivity contribution < 1.29 is 15.0 Å². The van der Waals surface area contributed by atoms with Crippen LogP contribution < -0.4 is 5.73 Å². The van der Waals surface area contributed by atoms with Gasteiger partial charge in [-0.2, -0.15) is 0 Å². The molecule has 0 bridgehead atoms. The first kappa shape index (κ1) is 14.3. The predicted octanol–water partition coefficient (Wildman–Crippen LogP) is 0.547. The lowest BCUT2D eigenvalue weighted by molar-refractivity contribution is -0.0401. The number of hydrogen-bond acceptors (Lipinski definition) is 3. The van der Waals surface area contributed by atoms with Crippen LogP contribution in [0.5, 0.6) is 0 Å². The molecular formula is C12H24N2O3. The van der Waals surface area contributed by atoms with E-state index in [1.54, 1.807) is 4.90 Å². The van der Waals surface area contributed by atoms with Crippen LogP contribution in [0.3, 0.4) is 0 Å². The summed E-state index contributed by atoms with van der Waals surface area (Å²) in [6.07, 6.45) is 2.72. The fourth-order valence-electron chi connectivity index (χ4n) is 3.16. The van der Waals surface area contributed by atoms with E-state index in [1.165, 1.54) is 0 Å². The van der Waals surface area contributed by atoms with Gasteiger partial charge in [-0.05, 0) is 19.3 Å². The largest absolute Gasteiger partial charge is 0.396 e. The zero-order valence-corrected chi connectivity index (χ0v) is 10.7. The number of carbonyl (C=O) groups excluding carboxylic acids is 1. The Balaban J connectivity index is 3.11. The normalized spacial score (nSPS) is 28.8. The van der Waals surface area contributed by atoms with Crippen molar-refractivity contribution in [1.29, 1.82) is 0 Å². The third-order valence-corrected chi connectivity index (χ3v) is 4.23. The van der Waals surface area contributed by atoms with Crippen LogP contribution >= 0.6 is 0 Å². The molecule has 1 saturated heterocycles. The molecule has 0 saturated carbocycles. The SMILES string of the molecule is CC(CO)C1(C(C)CO)CCCCN1C(N)=O. The summed E-state index contributed by atoms with van der Waals surface area (Å²) < 4.78 is 0. The van der Waals surface area contributed by atoms with Gasteiger partial charge in [0.15, 0.2) is 0 Å². The van der Waals surface area contributed by atoms with Crippen LogP contribution in [0.1, 0.15) is 33.1 Å². The van der Waals surface area contributed by atoms with E-state index >= 15 is 0 Å². The predicted molar refractivity (Wildman–Crippen MR) is 65.4 cm³/mol. The number of aliphatic hydroxyl groups excluding tert-OH is 2. The van der Waals surface area contributed by atoms with Gasteiger partial charge >= 0.3 is 6.03 Å². The quantitative estimate of drug-likeness (QED) is 0.675. The average molecular weight is 244 g/mol. The Morgan fingerprint density at radius 2 is 1.82 bits per heavy atom. The summed E-state index contributed by atoms with van der Waals surface area (Å²) >= 11 is 0. The number of primary amides is 1. The monoisotopic (exact) mass is 244 g/mol. The number of nitrogens with zero attached hydrogens (tertiary/aromatic N) is 1. The van der Waals surface area contributed by atoms with Crippen LogP contribution in [0, 0.1) is 11.8 Å². The van der Waals surface area contributed by atoms with Gasteiger partial charge in [-0.15, -0.1) is 0 Å². The molecule has 17 heavy (non-hydrogen) atoms. The Morgan fingerprint density at radius 3 is 2.24 bits per heavy atom.